The quantitative estimate of drug-likeness (QED) is 0.596. The van der Waals surface area contributed by atoms with Crippen LogP contribution in [0.25, 0.3) is 0 Å². The second-order valence-corrected chi connectivity index (χ2v) is 8.44. The van der Waals surface area contributed by atoms with E-state index in [9.17, 15) is 0 Å². The number of rotatable bonds is 5. The van der Waals surface area contributed by atoms with Gasteiger partial charge in [-0.15, -0.1) is 11.3 Å². The fourth-order valence-electron chi connectivity index (χ4n) is 3.89. The van der Waals surface area contributed by atoms with Crippen molar-refractivity contribution in [1.29, 1.82) is 0 Å². The topological polar surface area (TPSA) is 70.2 Å². The lowest BCUT2D eigenvalue weighted by Gasteiger charge is -2.36. The van der Waals surface area contributed by atoms with Crippen LogP contribution in [-0.4, -0.2) is 79.8 Å². The first-order valence-corrected chi connectivity index (χ1v) is 11.2. The third-order valence-corrected chi connectivity index (χ3v) is 6.50. The molecule has 3 heterocycles. The Kier molecular flexibility index (Phi) is 6.63. The molecule has 7 nitrogen and oxygen atoms in total. The zero-order valence-corrected chi connectivity index (χ0v) is 17.9. The van der Waals surface area contributed by atoms with Gasteiger partial charge in [0.2, 0.25) is 0 Å². The van der Waals surface area contributed by atoms with E-state index in [0.29, 0.717) is 12.5 Å². The second kappa shape index (κ2) is 9.56. The number of aryl methyl sites for hydroxylation is 1. The smallest absolute Gasteiger partial charge is 0.191 e. The van der Waals surface area contributed by atoms with Crippen molar-refractivity contribution in [3.63, 3.8) is 0 Å². The van der Waals surface area contributed by atoms with Gasteiger partial charge in [0, 0.05) is 50.8 Å². The number of aliphatic imine (C=N–C) groups is 1. The Morgan fingerprint density at radius 2 is 1.86 bits per heavy atom. The molecule has 156 valence electrons. The number of hydrogen-bond acceptors (Lipinski definition) is 6. The van der Waals surface area contributed by atoms with Crippen molar-refractivity contribution in [3.05, 3.63) is 47.0 Å². The summed E-state index contributed by atoms with van der Waals surface area (Å²) in [7, 11) is 0. The highest BCUT2D eigenvalue weighted by molar-refractivity contribution is 7.13. The molecule has 2 N–H and O–H groups in total. The molecule has 0 aliphatic carbocycles. The SMILES string of the molecule is Cc1ccc(C(CN=C(N)N2CCN(c3nccs3)CC2)N2CCOCC2)cc1. The van der Waals surface area contributed by atoms with Crippen molar-refractivity contribution in [1.82, 2.24) is 14.8 Å². The van der Waals surface area contributed by atoms with Gasteiger partial charge in [0.25, 0.3) is 0 Å². The largest absolute Gasteiger partial charge is 0.379 e. The Morgan fingerprint density at radius 3 is 2.52 bits per heavy atom. The first-order chi connectivity index (χ1) is 14.2. The summed E-state index contributed by atoms with van der Waals surface area (Å²) >= 11 is 1.69. The Balaban J connectivity index is 1.40. The molecular formula is C21H30N6OS. The maximum atomic E-state index is 6.39. The zero-order valence-electron chi connectivity index (χ0n) is 17.0. The van der Waals surface area contributed by atoms with E-state index in [1.54, 1.807) is 11.3 Å². The molecule has 2 saturated heterocycles. The molecule has 1 atom stereocenters. The number of nitrogens with two attached hydrogens (primary N) is 1. The molecule has 0 radical (unpaired) electrons. The van der Waals surface area contributed by atoms with Crippen LogP contribution in [0.3, 0.4) is 0 Å². The lowest BCUT2D eigenvalue weighted by molar-refractivity contribution is 0.0179. The van der Waals surface area contributed by atoms with Crippen molar-refractivity contribution < 1.29 is 4.74 Å². The van der Waals surface area contributed by atoms with E-state index in [1.807, 2.05) is 11.6 Å². The van der Waals surface area contributed by atoms with Crippen molar-refractivity contribution in [2.75, 3.05) is 63.9 Å². The number of nitrogens with zero attached hydrogens (tertiary/aromatic N) is 5. The maximum Gasteiger partial charge on any atom is 0.191 e. The van der Waals surface area contributed by atoms with Crippen LogP contribution in [0.1, 0.15) is 17.2 Å². The Bertz CT molecular complexity index is 780. The summed E-state index contributed by atoms with van der Waals surface area (Å²) in [5, 5.41) is 3.11. The predicted octanol–water partition coefficient (Wildman–Crippen LogP) is 1.96. The van der Waals surface area contributed by atoms with Crippen LogP contribution in [0.15, 0.2) is 40.8 Å². The molecule has 0 amide bonds. The molecule has 0 bridgehead atoms. The van der Waals surface area contributed by atoms with Gasteiger partial charge in [-0.25, -0.2) is 4.98 Å². The van der Waals surface area contributed by atoms with E-state index >= 15 is 0 Å². The molecule has 1 aromatic carbocycles. The van der Waals surface area contributed by atoms with Crippen LogP contribution in [-0.2, 0) is 4.74 Å². The zero-order chi connectivity index (χ0) is 20.1. The highest BCUT2D eigenvalue weighted by Crippen LogP contribution is 2.23. The van der Waals surface area contributed by atoms with Gasteiger partial charge in [-0.3, -0.25) is 9.89 Å². The van der Waals surface area contributed by atoms with Gasteiger partial charge in [0.15, 0.2) is 11.1 Å². The number of piperazine rings is 1. The van der Waals surface area contributed by atoms with Gasteiger partial charge in [-0.1, -0.05) is 29.8 Å². The lowest BCUT2D eigenvalue weighted by atomic mass is 10.0. The van der Waals surface area contributed by atoms with Gasteiger partial charge >= 0.3 is 0 Å². The van der Waals surface area contributed by atoms with Gasteiger partial charge in [-0.2, -0.15) is 0 Å². The van der Waals surface area contributed by atoms with Crippen LogP contribution in [0, 0.1) is 6.92 Å². The number of benzene rings is 1. The van der Waals surface area contributed by atoms with Crippen molar-refractivity contribution in [3.8, 4) is 0 Å². The highest BCUT2D eigenvalue weighted by Gasteiger charge is 2.24. The minimum Gasteiger partial charge on any atom is -0.379 e. The normalized spacial score (nSPS) is 20.1. The number of guanidine groups is 1. The summed E-state index contributed by atoms with van der Waals surface area (Å²) in [6.07, 6.45) is 1.86. The monoisotopic (exact) mass is 414 g/mol. The molecule has 0 spiro atoms. The number of thiazole rings is 1. The lowest BCUT2D eigenvalue weighted by Crippen LogP contribution is -2.51. The summed E-state index contributed by atoms with van der Waals surface area (Å²) in [5.74, 6) is 0.647. The molecule has 1 aromatic heterocycles. The summed E-state index contributed by atoms with van der Waals surface area (Å²) in [4.78, 5) is 16.2. The summed E-state index contributed by atoms with van der Waals surface area (Å²) in [6.45, 7) is 9.81. The highest BCUT2D eigenvalue weighted by atomic mass is 32.1. The Morgan fingerprint density at radius 1 is 1.14 bits per heavy atom. The molecule has 4 rings (SSSR count). The Hall–Kier alpha value is -2.16. The van der Waals surface area contributed by atoms with Gasteiger partial charge in [0.05, 0.1) is 25.8 Å². The summed E-state index contributed by atoms with van der Waals surface area (Å²) < 4.78 is 5.55. The molecule has 0 saturated carbocycles. The minimum atomic E-state index is 0.231. The first-order valence-electron chi connectivity index (χ1n) is 10.3. The Labute approximate surface area is 176 Å². The van der Waals surface area contributed by atoms with Crippen molar-refractivity contribution in [2.45, 2.75) is 13.0 Å². The first kappa shape index (κ1) is 20.1. The summed E-state index contributed by atoms with van der Waals surface area (Å²) in [5.41, 5.74) is 8.96. The molecule has 2 aliphatic rings. The van der Waals surface area contributed by atoms with E-state index in [4.69, 9.17) is 15.5 Å². The van der Waals surface area contributed by atoms with Crippen LogP contribution in [0.4, 0.5) is 5.13 Å². The molecule has 1 unspecified atom stereocenters. The van der Waals surface area contributed by atoms with Crippen molar-refractivity contribution >= 4 is 22.4 Å². The third-order valence-electron chi connectivity index (χ3n) is 5.67. The maximum absolute atomic E-state index is 6.39. The fraction of sp³-hybridized carbons (Fsp3) is 0.524. The fourth-order valence-corrected chi connectivity index (χ4v) is 4.59. The van der Waals surface area contributed by atoms with Crippen LogP contribution in [0.2, 0.25) is 0 Å². The average molecular weight is 415 g/mol. The number of aromatic nitrogens is 1. The number of hydrogen-bond donors (Lipinski definition) is 1. The molecule has 2 aromatic rings. The van der Waals surface area contributed by atoms with Gasteiger partial charge in [-0.05, 0) is 12.5 Å². The van der Waals surface area contributed by atoms with Crippen molar-refractivity contribution in [2.24, 2.45) is 10.7 Å². The standard InChI is InChI=1S/C21H30N6OS/c1-17-2-4-18(5-3-17)19(25-11-13-28-14-12-25)16-24-20(22)26-7-9-27(10-8-26)21-23-6-15-29-21/h2-6,15,19H,7-14,16H2,1H3,(H2,22,24). The molecule has 2 aliphatic heterocycles. The number of ether oxygens (including phenoxy) is 1. The molecule has 29 heavy (non-hydrogen) atoms. The predicted molar refractivity (Wildman–Crippen MR) is 119 cm³/mol. The van der Waals surface area contributed by atoms with Crippen LogP contribution < -0.4 is 10.6 Å². The summed E-state index contributed by atoms with van der Waals surface area (Å²) in [6, 6.07) is 9.01. The van der Waals surface area contributed by atoms with E-state index in [1.165, 1.54) is 11.1 Å². The van der Waals surface area contributed by atoms with Crippen LogP contribution in [0.5, 0.6) is 0 Å². The van der Waals surface area contributed by atoms with Gasteiger partial charge in [0.1, 0.15) is 0 Å². The van der Waals surface area contributed by atoms with E-state index in [-0.39, 0.29) is 6.04 Å². The molecular weight excluding hydrogens is 384 g/mol. The average Bonchev–Trinajstić information content (AvgIpc) is 3.31. The van der Waals surface area contributed by atoms with E-state index < -0.39 is 0 Å². The molecule has 8 heteroatoms. The third kappa shape index (κ3) is 5.07. The number of anilines is 1. The van der Waals surface area contributed by atoms with E-state index in [0.717, 1.165) is 57.6 Å². The molecule has 2 fully saturated rings. The van der Waals surface area contributed by atoms with Gasteiger partial charge < -0.3 is 20.3 Å². The number of morpholine rings is 1. The van der Waals surface area contributed by atoms with Crippen LogP contribution >= 0.6 is 11.3 Å². The second-order valence-electron chi connectivity index (χ2n) is 7.56. The minimum absolute atomic E-state index is 0.231. The van der Waals surface area contributed by atoms with E-state index in [2.05, 4.69) is 50.9 Å².